The van der Waals surface area contributed by atoms with Crippen molar-refractivity contribution < 1.29 is 17.7 Å². The van der Waals surface area contributed by atoms with E-state index < -0.39 is 0 Å². The van der Waals surface area contributed by atoms with Crippen molar-refractivity contribution in [1.29, 1.82) is 0 Å². The highest BCUT2D eigenvalue weighted by Crippen LogP contribution is 2.49. The lowest BCUT2D eigenvalue weighted by atomic mass is 10.0. The Kier molecular flexibility index (Phi) is 15.4. The van der Waals surface area contributed by atoms with Gasteiger partial charge in [0.25, 0.3) is 0 Å². The van der Waals surface area contributed by atoms with Gasteiger partial charge in [0, 0.05) is 107 Å². The Hall–Kier alpha value is -17.0. The van der Waals surface area contributed by atoms with E-state index in [0.29, 0.717) is 11.5 Å². The van der Waals surface area contributed by atoms with Crippen LogP contribution < -0.4 is 0 Å². The first-order valence-corrected chi connectivity index (χ1v) is 44.7. The molecule has 15 heteroatoms. The average Bonchev–Trinajstić information content (AvgIpc) is 1.57. The summed E-state index contributed by atoms with van der Waals surface area (Å²) in [5, 5.41) is 23.9. The van der Waals surface area contributed by atoms with Crippen LogP contribution in [-0.2, 0) is 0 Å². The molecular formula is C114H63N9O4S2. The minimum Gasteiger partial charge on any atom is -0.456 e. The molecule has 0 saturated carbocycles. The summed E-state index contributed by atoms with van der Waals surface area (Å²) in [6, 6.07) is 133. The van der Waals surface area contributed by atoms with E-state index in [1.807, 2.05) is 72.8 Å². The fraction of sp³-hybridized carbons (Fsp3) is 0. The van der Waals surface area contributed by atoms with E-state index in [-0.39, 0.29) is 0 Å². The van der Waals surface area contributed by atoms with Crippen LogP contribution in [0.5, 0.6) is 0 Å². The van der Waals surface area contributed by atoms with Gasteiger partial charge in [0.2, 0.25) is 5.71 Å². The molecule has 600 valence electrons. The molecule has 12 heterocycles. The molecule has 18 aromatic carbocycles. The molecule has 0 saturated heterocycles. The minimum absolute atomic E-state index is 0.503. The Morgan fingerprint density at radius 2 is 0.519 bits per heavy atom. The summed E-state index contributed by atoms with van der Waals surface area (Å²) in [6.07, 6.45) is 0. The fourth-order valence-corrected chi connectivity index (χ4v) is 22.1. The number of fused-ring (bicyclic) bond motifs is 30. The van der Waals surface area contributed by atoms with E-state index in [9.17, 15) is 0 Å². The average molecular weight is 1690 g/mol. The van der Waals surface area contributed by atoms with Gasteiger partial charge in [-0.3, -0.25) is 13.7 Å². The van der Waals surface area contributed by atoms with Crippen LogP contribution in [0.25, 0.3) is 278 Å². The van der Waals surface area contributed by atoms with Crippen molar-refractivity contribution in [3.05, 3.63) is 382 Å². The van der Waals surface area contributed by atoms with E-state index in [4.69, 9.17) is 47.6 Å². The van der Waals surface area contributed by atoms with Crippen molar-refractivity contribution in [2.45, 2.75) is 0 Å². The summed E-state index contributed by atoms with van der Waals surface area (Å²) in [6.45, 7) is 0. The van der Waals surface area contributed by atoms with E-state index in [1.54, 1.807) is 22.7 Å². The molecule has 12 aromatic heterocycles. The first kappa shape index (κ1) is 71.4. The molecule has 0 spiro atoms. The van der Waals surface area contributed by atoms with E-state index in [1.165, 1.54) is 57.9 Å². The molecule has 0 N–H and O–H groups in total. The first-order chi connectivity index (χ1) is 63.9. The number of furan rings is 4. The van der Waals surface area contributed by atoms with Crippen LogP contribution in [-0.4, -0.2) is 43.6 Å². The summed E-state index contributed by atoms with van der Waals surface area (Å²) in [5.41, 5.74) is 20.6. The molecule has 30 rings (SSSR count). The quantitative estimate of drug-likeness (QED) is 0.158. The zero-order valence-electron chi connectivity index (χ0n) is 68.3. The van der Waals surface area contributed by atoms with Gasteiger partial charge in [-0.05, 0) is 148 Å². The second-order valence-corrected chi connectivity index (χ2v) is 35.0. The summed E-state index contributed by atoms with van der Waals surface area (Å²) < 4.78 is 34.9. The topological polar surface area (TPSA) is 145 Å². The number of para-hydroxylation sites is 9. The van der Waals surface area contributed by atoms with Crippen molar-refractivity contribution in [3.63, 3.8) is 0 Å². The van der Waals surface area contributed by atoms with Gasteiger partial charge in [0.15, 0.2) is 17.5 Å². The molecule has 0 atom stereocenters. The Balaban J connectivity index is 0.0000000976. The van der Waals surface area contributed by atoms with Crippen LogP contribution in [0.4, 0.5) is 0 Å². The fourth-order valence-electron chi connectivity index (χ4n) is 20.0. The zero-order chi connectivity index (χ0) is 84.2. The number of hydrogen-bond acceptors (Lipinski definition) is 12. The summed E-state index contributed by atoms with van der Waals surface area (Å²) in [5.74, 6) is 2.31. The summed E-state index contributed by atoms with van der Waals surface area (Å²) in [4.78, 5) is 34.3. The van der Waals surface area contributed by atoms with Crippen molar-refractivity contribution in [2.75, 3.05) is 0 Å². The van der Waals surface area contributed by atoms with E-state index >= 15 is 0 Å². The number of benzene rings is 18. The van der Waals surface area contributed by atoms with E-state index in [2.05, 4.69) is 323 Å². The standard InChI is InChI=1S/C38H21N3O2.2C38H21N3OS/c2*1-2-11-23-21-31-29(20-22(23)10-1)24-12-3-6-17-30(24)41(31)37-34(39-35-27-14-5-8-19-33(27)43-38(35)40-37)28-16-9-15-26-25-13-4-7-18-32(25)42-36(26)28;1-2-11-23-21-30-28(20-22(23)10-1)24-12-3-6-16-29(24)41(30)37-35(39-36-26-14-5-8-19-33(26)43-38(36)40-37)27-15-9-18-32-34(27)25-13-4-7-17-31(25)42-32/h3*1-21H. The van der Waals surface area contributed by atoms with Crippen molar-refractivity contribution in [2.24, 2.45) is 0 Å². The van der Waals surface area contributed by atoms with Crippen LogP contribution in [0.3, 0.4) is 0 Å². The Bertz CT molecular complexity index is 9660. The Morgan fingerprint density at radius 1 is 0.202 bits per heavy atom. The monoisotopic (exact) mass is 1690 g/mol. The highest BCUT2D eigenvalue weighted by Gasteiger charge is 2.30. The molecule has 0 amide bonds. The summed E-state index contributed by atoms with van der Waals surface area (Å²) in [7, 11) is 0. The SMILES string of the molecule is c1ccc2cc3c(cc2c1)c1ccccc1n3-c1nc2oc3ccccc3c2nc1-c1cccc2c1oc1ccccc12.c1ccc2cc3c(cc2c1)c1ccccc1n3-c1nc2sc3ccccc3c2nc1-c1cccc2c1oc1ccccc12.c1ccc2cc3c(cc2c1)c1ccccc1n3-c1nc2sc3ccccc3c2nc1-c1cccc2oc3ccccc3c12. The number of rotatable bonds is 6. The van der Waals surface area contributed by atoms with E-state index in [0.717, 1.165) is 208 Å². The molecular weight excluding hydrogens is 1620 g/mol. The lowest BCUT2D eigenvalue weighted by Gasteiger charge is -2.13. The Labute approximate surface area is 738 Å². The normalized spacial score (nSPS) is 12.2. The predicted octanol–water partition coefficient (Wildman–Crippen LogP) is 31.5. The molecule has 0 aliphatic rings. The molecule has 0 radical (unpaired) electrons. The van der Waals surface area contributed by atoms with Crippen molar-refractivity contribution in [1.82, 2.24) is 43.6 Å². The van der Waals surface area contributed by atoms with Crippen LogP contribution in [0.1, 0.15) is 0 Å². The van der Waals surface area contributed by atoms with Gasteiger partial charge in [-0.1, -0.05) is 267 Å². The lowest BCUT2D eigenvalue weighted by molar-refractivity contribution is 0.651. The third kappa shape index (κ3) is 10.8. The molecule has 0 aliphatic heterocycles. The lowest BCUT2D eigenvalue weighted by Crippen LogP contribution is -2.03. The van der Waals surface area contributed by atoms with Crippen LogP contribution in [0.15, 0.2) is 400 Å². The van der Waals surface area contributed by atoms with Crippen LogP contribution in [0.2, 0.25) is 0 Å². The third-order valence-corrected chi connectivity index (χ3v) is 27.9. The van der Waals surface area contributed by atoms with Gasteiger partial charge in [-0.25, -0.2) is 24.9 Å². The second-order valence-electron chi connectivity index (χ2n) is 33.0. The molecule has 0 bridgehead atoms. The van der Waals surface area contributed by atoms with Gasteiger partial charge in [0.05, 0.1) is 33.1 Å². The molecule has 0 unspecified atom stereocenters. The van der Waals surface area contributed by atoms with Gasteiger partial charge in [0.1, 0.15) is 82.4 Å². The predicted molar refractivity (Wildman–Crippen MR) is 533 cm³/mol. The smallest absolute Gasteiger partial charge is 0.248 e. The highest BCUT2D eigenvalue weighted by atomic mass is 32.1. The number of nitrogens with zero attached hydrogens (tertiary/aromatic N) is 9. The molecule has 0 fully saturated rings. The zero-order valence-corrected chi connectivity index (χ0v) is 70.0. The molecule has 0 aliphatic carbocycles. The molecule has 30 aromatic rings. The highest BCUT2D eigenvalue weighted by molar-refractivity contribution is 7.25. The van der Waals surface area contributed by atoms with Gasteiger partial charge < -0.3 is 17.7 Å². The second kappa shape index (κ2) is 27.8. The first-order valence-electron chi connectivity index (χ1n) is 43.0. The Morgan fingerprint density at radius 3 is 0.977 bits per heavy atom. The number of aromatic nitrogens is 9. The van der Waals surface area contributed by atoms with Crippen molar-refractivity contribution in [3.8, 4) is 51.2 Å². The van der Waals surface area contributed by atoms with Crippen molar-refractivity contribution >= 4 is 249 Å². The van der Waals surface area contributed by atoms with Crippen LogP contribution in [0, 0.1) is 0 Å². The maximum absolute atomic E-state index is 6.55. The maximum Gasteiger partial charge on any atom is 0.248 e. The molecule has 13 nitrogen and oxygen atoms in total. The number of hydrogen-bond donors (Lipinski definition) is 0. The van der Waals surface area contributed by atoms with Gasteiger partial charge in [-0.2, -0.15) is 4.98 Å². The maximum atomic E-state index is 6.55. The number of thiophene rings is 2. The minimum atomic E-state index is 0.503. The van der Waals surface area contributed by atoms with Crippen LogP contribution >= 0.6 is 22.7 Å². The summed E-state index contributed by atoms with van der Waals surface area (Å²) >= 11 is 3.38. The third-order valence-electron chi connectivity index (χ3n) is 25.8. The van der Waals surface area contributed by atoms with Gasteiger partial charge >= 0.3 is 0 Å². The van der Waals surface area contributed by atoms with Gasteiger partial charge in [-0.15, -0.1) is 22.7 Å². The largest absolute Gasteiger partial charge is 0.456 e. The molecule has 129 heavy (non-hydrogen) atoms.